The van der Waals surface area contributed by atoms with Crippen molar-refractivity contribution < 1.29 is 8.42 Å². The molecule has 0 atom stereocenters. The van der Waals surface area contributed by atoms with Crippen LogP contribution in [0.15, 0.2) is 51.0 Å². The SMILES string of the molecule is Cn1cc(S(=O)(=O)N(CCCN)Cc2ccccc2)c(=O)n(C)c1=O. The van der Waals surface area contributed by atoms with Crippen molar-refractivity contribution in [2.45, 2.75) is 17.9 Å². The predicted molar refractivity (Wildman–Crippen MR) is 94.6 cm³/mol. The number of rotatable bonds is 7. The van der Waals surface area contributed by atoms with Crippen molar-refractivity contribution in [1.82, 2.24) is 13.4 Å². The van der Waals surface area contributed by atoms with E-state index in [4.69, 9.17) is 5.73 Å². The lowest BCUT2D eigenvalue weighted by Crippen LogP contribution is -2.43. The van der Waals surface area contributed by atoms with Crippen molar-refractivity contribution >= 4 is 10.0 Å². The van der Waals surface area contributed by atoms with Gasteiger partial charge in [0.2, 0.25) is 10.0 Å². The zero-order valence-corrected chi connectivity index (χ0v) is 15.1. The molecule has 0 unspecified atom stereocenters. The monoisotopic (exact) mass is 366 g/mol. The molecule has 0 amide bonds. The predicted octanol–water partition coefficient (Wildman–Crippen LogP) is -0.376. The molecule has 0 bridgehead atoms. The van der Waals surface area contributed by atoms with Gasteiger partial charge in [-0.15, -0.1) is 0 Å². The lowest BCUT2D eigenvalue weighted by atomic mass is 10.2. The van der Waals surface area contributed by atoms with E-state index in [9.17, 15) is 18.0 Å². The third-order valence-electron chi connectivity index (χ3n) is 3.85. The summed E-state index contributed by atoms with van der Waals surface area (Å²) < 4.78 is 29.2. The number of hydrogen-bond acceptors (Lipinski definition) is 5. The third-order valence-corrected chi connectivity index (χ3v) is 5.67. The Morgan fingerprint density at radius 3 is 2.36 bits per heavy atom. The Morgan fingerprint density at radius 1 is 1.12 bits per heavy atom. The highest BCUT2D eigenvalue weighted by Crippen LogP contribution is 2.15. The number of benzene rings is 1. The second-order valence-electron chi connectivity index (χ2n) is 5.72. The number of nitrogens with two attached hydrogens (primary N) is 1. The third kappa shape index (κ3) is 4.06. The first-order valence-corrected chi connectivity index (χ1v) is 9.24. The van der Waals surface area contributed by atoms with Crippen molar-refractivity contribution in [3.05, 3.63) is 62.9 Å². The highest BCUT2D eigenvalue weighted by Gasteiger charge is 2.28. The van der Waals surface area contributed by atoms with E-state index in [0.29, 0.717) is 13.0 Å². The molecular formula is C16H22N4O4S. The molecular weight excluding hydrogens is 344 g/mol. The van der Waals surface area contributed by atoms with Crippen LogP contribution < -0.4 is 17.0 Å². The van der Waals surface area contributed by atoms with Gasteiger partial charge >= 0.3 is 5.69 Å². The quantitative estimate of drug-likeness (QED) is 0.719. The summed E-state index contributed by atoms with van der Waals surface area (Å²) in [7, 11) is -1.42. The molecule has 25 heavy (non-hydrogen) atoms. The molecule has 136 valence electrons. The number of sulfonamides is 1. The summed E-state index contributed by atoms with van der Waals surface area (Å²) in [5.41, 5.74) is 4.89. The zero-order chi connectivity index (χ0) is 18.6. The Labute approximate surface area is 146 Å². The molecule has 0 saturated carbocycles. The van der Waals surface area contributed by atoms with E-state index in [-0.39, 0.29) is 13.1 Å². The molecule has 1 aromatic carbocycles. The minimum atomic E-state index is -4.08. The number of nitrogens with zero attached hydrogens (tertiary/aromatic N) is 3. The van der Waals surface area contributed by atoms with Crippen LogP contribution in [-0.2, 0) is 30.7 Å². The average Bonchev–Trinajstić information content (AvgIpc) is 2.60. The van der Waals surface area contributed by atoms with Crippen LogP contribution in [-0.4, -0.2) is 34.9 Å². The maximum Gasteiger partial charge on any atom is 0.330 e. The Morgan fingerprint density at radius 2 is 1.76 bits per heavy atom. The van der Waals surface area contributed by atoms with Crippen LogP contribution in [0.25, 0.3) is 0 Å². The topological polar surface area (TPSA) is 107 Å². The van der Waals surface area contributed by atoms with Crippen molar-refractivity contribution in [2.24, 2.45) is 19.8 Å². The zero-order valence-electron chi connectivity index (χ0n) is 14.3. The standard InChI is InChI=1S/C16H22N4O4S/c1-18-12-14(15(21)19(2)16(18)22)25(23,24)20(10-6-9-17)11-13-7-4-3-5-8-13/h3-5,7-8,12H,6,9-11,17H2,1-2H3. The highest BCUT2D eigenvalue weighted by atomic mass is 32.2. The second kappa shape index (κ2) is 7.77. The molecule has 0 aliphatic heterocycles. The minimum absolute atomic E-state index is 0.120. The maximum absolute atomic E-state index is 13.0. The first kappa shape index (κ1) is 19.1. The molecule has 0 saturated heterocycles. The van der Waals surface area contributed by atoms with Gasteiger partial charge in [0.15, 0.2) is 4.90 Å². The van der Waals surface area contributed by atoms with Gasteiger partial charge in [0.05, 0.1) is 0 Å². The first-order valence-electron chi connectivity index (χ1n) is 7.80. The van der Waals surface area contributed by atoms with Gasteiger partial charge in [-0.3, -0.25) is 9.36 Å². The normalized spacial score (nSPS) is 11.8. The van der Waals surface area contributed by atoms with Gasteiger partial charge in [-0.05, 0) is 18.5 Å². The molecule has 8 nitrogen and oxygen atoms in total. The van der Waals surface area contributed by atoms with E-state index < -0.39 is 26.2 Å². The second-order valence-corrected chi connectivity index (χ2v) is 7.62. The average molecular weight is 366 g/mol. The molecule has 1 aromatic heterocycles. The van der Waals surface area contributed by atoms with Crippen molar-refractivity contribution in [1.29, 1.82) is 0 Å². The molecule has 2 rings (SSSR count). The van der Waals surface area contributed by atoms with Gasteiger partial charge in [0.1, 0.15) is 0 Å². The number of aromatic nitrogens is 2. The molecule has 1 heterocycles. The fourth-order valence-corrected chi connectivity index (χ4v) is 4.05. The Bertz CT molecular complexity index is 948. The maximum atomic E-state index is 13.0. The lowest BCUT2D eigenvalue weighted by Gasteiger charge is -2.22. The van der Waals surface area contributed by atoms with E-state index >= 15 is 0 Å². The van der Waals surface area contributed by atoms with E-state index in [1.54, 1.807) is 0 Å². The smallest absolute Gasteiger partial charge is 0.330 e. The summed E-state index contributed by atoms with van der Waals surface area (Å²) >= 11 is 0. The van der Waals surface area contributed by atoms with Crippen molar-refractivity contribution in [3.8, 4) is 0 Å². The van der Waals surface area contributed by atoms with Crippen LogP contribution in [0, 0.1) is 0 Å². The molecule has 2 N–H and O–H groups in total. The van der Waals surface area contributed by atoms with Crippen LogP contribution in [0.2, 0.25) is 0 Å². The Balaban J connectivity index is 2.52. The summed E-state index contributed by atoms with van der Waals surface area (Å²) in [6, 6.07) is 9.08. The molecule has 0 aliphatic rings. The van der Waals surface area contributed by atoms with Crippen LogP contribution >= 0.6 is 0 Å². The van der Waals surface area contributed by atoms with Crippen LogP contribution in [0.3, 0.4) is 0 Å². The summed E-state index contributed by atoms with van der Waals surface area (Å²) in [5.74, 6) is 0. The van der Waals surface area contributed by atoms with Gasteiger partial charge in [0.25, 0.3) is 5.56 Å². The van der Waals surface area contributed by atoms with E-state index in [0.717, 1.165) is 20.9 Å². The highest BCUT2D eigenvalue weighted by molar-refractivity contribution is 7.89. The van der Waals surface area contributed by atoms with Crippen molar-refractivity contribution in [2.75, 3.05) is 13.1 Å². The van der Waals surface area contributed by atoms with E-state index in [2.05, 4.69) is 0 Å². The van der Waals surface area contributed by atoms with Gasteiger partial charge < -0.3 is 10.3 Å². The van der Waals surface area contributed by atoms with Crippen LogP contribution in [0.1, 0.15) is 12.0 Å². The van der Waals surface area contributed by atoms with Gasteiger partial charge in [-0.1, -0.05) is 30.3 Å². The number of aryl methyl sites for hydroxylation is 1. The van der Waals surface area contributed by atoms with E-state index in [1.807, 2.05) is 30.3 Å². The Kier molecular flexibility index (Phi) is 5.93. The molecule has 0 radical (unpaired) electrons. The van der Waals surface area contributed by atoms with Crippen molar-refractivity contribution in [3.63, 3.8) is 0 Å². The summed E-state index contributed by atoms with van der Waals surface area (Å²) in [6.45, 7) is 0.626. The van der Waals surface area contributed by atoms with Gasteiger partial charge in [-0.25, -0.2) is 13.2 Å². The van der Waals surface area contributed by atoms with E-state index in [1.165, 1.54) is 18.4 Å². The summed E-state index contributed by atoms with van der Waals surface area (Å²) in [4.78, 5) is 23.7. The molecule has 2 aromatic rings. The summed E-state index contributed by atoms with van der Waals surface area (Å²) in [5, 5.41) is 0. The van der Waals surface area contributed by atoms with Gasteiger partial charge in [-0.2, -0.15) is 4.31 Å². The lowest BCUT2D eigenvalue weighted by molar-refractivity contribution is 0.399. The van der Waals surface area contributed by atoms with Crippen LogP contribution in [0.4, 0.5) is 0 Å². The molecule has 9 heteroatoms. The van der Waals surface area contributed by atoms with Gasteiger partial charge in [0, 0.05) is 33.4 Å². The number of hydrogen-bond donors (Lipinski definition) is 1. The minimum Gasteiger partial charge on any atom is -0.330 e. The fraction of sp³-hybridized carbons (Fsp3) is 0.375. The van der Waals surface area contributed by atoms with Crippen LogP contribution in [0.5, 0.6) is 0 Å². The first-order chi connectivity index (χ1) is 11.8. The fourth-order valence-electron chi connectivity index (χ4n) is 2.43. The molecule has 0 spiro atoms. The largest absolute Gasteiger partial charge is 0.330 e. The molecule has 0 aliphatic carbocycles. The summed E-state index contributed by atoms with van der Waals surface area (Å²) in [6.07, 6.45) is 1.53. The molecule has 0 fully saturated rings. The Hall–Kier alpha value is -2.23.